The second-order valence-corrected chi connectivity index (χ2v) is 14.4. The van der Waals surface area contributed by atoms with E-state index in [0.29, 0.717) is 38.8 Å². The van der Waals surface area contributed by atoms with E-state index in [1.165, 1.54) is 0 Å². The van der Waals surface area contributed by atoms with Gasteiger partial charge in [0.05, 0.1) is 18.1 Å². The summed E-state index contributed by atoms with van der Waals surface area (Å²) >= 11 is 0. The van der Waals surface area contributed by atoms with Gasteiger partial charge in [0.25, 0.3) is 0 Å². The SMILES string of the molecule is C=CCCCOC(=O)[C@H]1[C@H]2C(=O)N(CCCCCO)C(C(=O)N(CC=C)C(C)(C)CC(C)(C)C)C23CC(C)[C@]1(C)O3. The van der Waals surface area contributed by atoms with Crippen molar-refractivity contribution in [3.05, 3.63) is 25.3 Å². The first-order valence-corrected chi connectivity index (χ1v) is 15.4. The number of carbonyl (C=O) groups excluding carboxylic acids is 3. The lowest BCUT2D eigenvalue weighted by molar-refractivity contribution is -0.163. The second kappa shape index (κ2) is 12.6. The predicted molar refractivity (Wildman–Crippen MR) is 160 cm³/mol. The minimum absolute atomic E-state index is 0.0374. The summed E-state index contributed by atoms with van der Waals surface area (Å²) < 4.78 is 12.6. The molecule has 3 fully saturated rings. The molecule has 3 heterocycles. The van der Waals surface area contributed by atoms with Crippen LogP contribution in [0.3, 0.4) is 0 Å². The number of unbranched alkanes of at least 4 members (excludes halogenated alkanes) is 3. The van der Waals surface area contributed by atoms with Crippen LogP contribution in [0, 0.1) is 23.2 Å². The first-order valence-electron chi connectivity index (χ1n) is 15.4. The fourth-order valence-electron chi connectivity index (χ4n) is 7.98. The highest BCUT2D eigenvalue weighted by Crippen LogP contribution is 2.65. The summed E-state index contributed by atoms with van der Waals surface area (Å²) in [5, 5.41) is 9.31. The Morgan fingerprint density at radius 1 is 1.15 bits per heavy atom. The number of aliphatic hydroxyl groups is 1. The van der Waals surface area contributed by atoms with E-state index in [1.54, 1.807) is 17.1 Å². The molecular weight excluding hydrogens is 520 g/mol. The number of aliphatic hydroxyl groups excluding tert-OH is 1. The molecule has 2 bridgehead atoms. The number of allylic oxidation sites excluding steroid dienone is 1. The number of fused-ring (bicyclic) bond motifs is 1. The van der Waals surface area contributed by atoms with Gasteiger partial charge in [0.15, 0.2) is 0 Å². The Morgan fingerprint density at radius 3 is 2.41 bits per heavy atom. The Morgan fingerprint density at radius 2 is 1.83 bits per heavy atom. The molecule has 0 aromatic rings. The van der Waals surface area contributed by atoms with E-state index in [4.69, 9.17) is 9.47 Å². The number of nitrogens with zero attached hydrogens (tertiary/aromatic N) is 2. The third-order valence-electron chi connectivity index (χ3n) is 9.43. The number of hydrogen-bond donors (Lipinski definition) is 1. The summed E-state index contributed by atoms with van der Waals surface area (Å²) in [6.07, 6.45) is 8.19. The van der Waals surface area contributed by atoms with Crippen LogP contribution < -0.4 is 0 Å². The number of ether oxygens (including phenoxy) is 2. The van der Waals surface area contributed by atoms with Crippen molar-refractivity contribution in [2.75, 3.05) is 26.3 Å². The molecular formula is C33H54N2O6. The first kappa shape index (κ1) is 33.3. The highest BCUT2D eigenvalue weighted by molar-refractivity contribution is 5.98. The van der Waals surface area contributed by atoms with Crippen LogP contribution in [0.15, 0.2) is 25.3 Å². The molecule has 232 valence electrons. The average Bonchev–Trinajstić information content (AvgIpc) is 3.37. The smallest absolute Gasteiger partial charge is 0.312 e. The second-order valence-electron chi connectivity index (χ2n) is 14.4. The lowest BCUT2D eigenvalue weighted by Crippen LogP contribution is -2.61. The van der Waals surface area contributed by atoms with Gasteiger partial charge in [0, 0.05) is 25.2 Å². The van der Waals surface area contributed by atoms with Crippen molar-refractivity contribution in [1.82, 2.24) is 9.80 Å². The van der Waals surface area contributed by atoms with Gasteiger partial charge in [-0.25, -0.2) is 0 Å². The van der Waals surface area contributed by atoms with Gasteiger partial charge in [-0.15, -0.1) is 13.2 Å². The molecule has 3 saturated heterocycles. The van der Waals surface area contributed by atoms with E-state index in [0.717, 1.165) is 19.3 Å². The van der Waals surface area contributed by atoms with Crippen molar-refractivity contribution in [3.63, 3.8) is 0 Å². The van der Waals surface area contributed by atoms with E-state index in [-0.39, 0.29) is 36.4 Å². The highest BCUT2D eigenvalue weighted by Gasteiger charge is 2.80. The molecule has 0 aromatic carbocycles. The zero-order valence-corrected chi connectivity index (χ0v) is 26.5. The maximum absolute atomic E-state index is 14.8. The lowest BCUT2D eigenvalue weighted by Gasteiger charge is -2.45. The Labute approximate surface area is 247 Å². The molecule has 3 aliphatic heterocycles. The fraction of sp³-hybridized carbons (Fsp3) is 0.788. The normalized spacial score (nSPS) is 30.8. The maximum atomic E-state index is 14.8. The Hall–Kier alpha value is -2.19. The molecule has 3 rings (SSSR count). The van der Waals surface area contributed by atoms with Crippen molar-refractivity contribution in [3.8, 4) is 0 Å². The molecule has 0 aromatic heterocycles. The van der Waals surface area contributed by atoms with E-state index in [1.807, 2.05) is 18.7 Å². The molecule has 0 radical (unpaired) electrons. The number of carbonyl (C=O) groups is 3. The molecule has 41 heavy (non-hydrogen) atoms. The summed E-state index contributed by atoms with van der Waals surface area (Å²) in [4.78, 5) is 46.3. The molecule has 2 amide bonds. The van der Waals surface area contributed by atoms with E-state index >= 15 is 0 Å². The Kier molecular flexibility index (Phi) is 10.2. The lowest BCUT2D eigenvalue weighted by atomic mass is 9.62. The standard InChI is InChI=1S/C33H54N2O6/c1-10-12-16-20-40-29(39)25-24-27(37)34(18-14-13-15-19-36)26(33(24)21-23(3)32(25,9)41-33)28(38)35(17-11-2)31(7,8)22-30(4,5)6/h10-11,23-26,36H,1-2,12-22H2,3-9H3/t23?,24-,25+,26?,32-,33?/m0/s1. The summed E-state index contributed by atoms with van der Waals surface area (Å²) in [7, 11) is 0. The van der Waals surface area contributed by atoms with Crippen LogP contribution in [0.4, 0.5) is 0 Å². The van der Waals surface area contributed by atoms with Crippen molar-refractivity contribution in [1.29, 1.82) is 0 Å². The quantitative estimate of drug-likeness (QED) is 0.170. The number of esters is 1. The van der Waals surface area contributed by atoms with Crippen LogP contribution in [0.2, 0.25) is 0 Å². The predicted octanol–water partition coefficient (Wildman–Crippen LogP) is 4.90. The maximum Gasteiger partial charge on any atom is 0.312 e. The van der Waals surface area contributed by atoms with Crippen LogP contribution in [0.5, 0.6) is 0 Å². The Bertz CT molecular complexity index is 1000. The summed E-state index contributed by atoms with van der Waals surface area (Å²) in [5.41, 5.74) is -2.56. The monoisotopic (exact) mass is 574 g/mol. The van der Waals surface area contributed by atoms with Crippen molar-refractivity contribution < 1.29 is 29.0 Å². The minimum atomic E-state index is -1.11. The third kappa shape index (κ3) is 6.29. The molecule has 8 nitrogen and oxygen atoms in total. The number of hydrogen-bond acceptors (Lipinski definition) is 6. The van der Waals surface area contributed by atoms with Gasteiger partial charge in [-0.05, 0) is 77.0 Å². The van der Waals surface area contributed by atoms with Gasteiger partial charge >= 0.3 is 5.97 Å². The number of rotatable bonds is 15. The summed E-state index contributed by atoms with van der Waals surface area (Å²) in [6, 6.07) is -0.851. The topological polar surface area (TPSA) is 96.4 Å². The van der Waals surface area contributed by atoms with Crippen molar-refractivity contribution in [2.45, 2.75) is 116 Å². The van der Waals surface area contributed by atoms with Crippen molar-refractivity contribution in [2.24, 2.45) is 23.2 Å². The summed E-state index contributed by atoms with van der Waals surface area (Å²) in [6.45, 7) is 23.3. The van der Waals surface area contributed by atoms with Crippen LogP contribution >= 0.6 is 0 Å². The van der Waals surface area contributed by atoms with E-state index in [2.05, 4.69) is 47.8 Å². The third-order valence-corrected chi connectivity index (χ3v) is 9.43. The molecule has 0 saturated carbocycles. The fourth-order valence-corrected chi connectivity index (χ4v) is 7.98. The van der Waals surface area contributed by atoms with Gasteiger partial charge in [-0.2, -0.15) is 0 Å². The van der Waals surface area contributed by atoms with Crippen LogP contribution in [-0.4, -0.2) is 81.8 Å². The van der Waals surface area contributed by atoms with Gasteiger partial charge in [-0.3, -0.25) is 14.4 Å². The molecule has 1 N–H and O–H groups in total. The van der Waals surface area contributed by atoms with Gasteiger partial charge in [0.1, 0.15) is 17.6 Å². The molecule has 1 spiro atoms. The van der Waals surface area contributed by atoms with Gasteiger partial charge < -0.3 is 24.4 Å². The van der Waals surface area contributed by atoms with Crippen LogP contribution in [0.1, 0.15) is 93.4 Å². The molecule has 0 aliphatic carbocycles. The van der Waals surface area contributed by atoms with Crippen LogP contribution in [-0.2, 0) is 23.9 Å². The van der Waals surface area contributed by atoms with Crippen molar-refractivity contribution >= 4 is 17.8 Å². The number of likely N-dealkylation sites (tertiary alicyclic amines) is 1. The zero-order valence-electron chi connectivity index (χ0n) is 26.5. The summed E-state index contributed by atoms with van der Waals surface area (Å²) in [5.74, 6) is -2.39. The van der Waals surface area contributed by atoms with E-state index < -0.39 is 40.6 Å². The molecule has 3 aliphatic rings. The average molecular weight is 575 g/mol. The highest BCUT2D eigenvalue weighted by atomic mass is 16.6. The largest absolute Gasteiger partial charge is 0.465 e. The zero-order chi connectivity index (χ0) is 30.8. The Balaban J connectivity index is 2.06. The van der Waals surface area contributed by atoms with Gasteiger partial charge in [0.2, 0.25) is 11.8 Å². The van der Waals surface area contributed by atoms with E-state index in [9.17, 15) is 19.5 Å². The molecule has 8 heteroatoms. The van der Waals surface area contributed by atoms with Crippen LogP contribution in [0.25, 0.3) is 0 Å². The first-order chi connectivity index (χ1) is 19.1. The minimum Gasteiger partial charge on any atom is -0.465 e. The molecule has 6 atom stereocenters. The number of amides is 2. The van der Waals surface area contributed by atoms with Gasteiger partial charge in [-0.1, -0.05) is 39.8 Å². The molecule has 3 unspecified atom stereocenters.